The maximum Gasteiger partial charge on any atom is 0.335 e. The van der Waals surface area contributed by atoms with Crippen molar-refractivity contribution < 1.29 is 19.4 Å². The Balaban J connectivity index is 1.63. The Bertz CT molecular complexity index is 916. The van der Waals surface area contributed by atoms with Gasteiger partial charge in [0.05, 0.1) is 32.0 Å². The summed E-state index contributed by atoms with van der Waals surface area (Å²) in [5, 5.41) is 9.90. The molecule has 2 fully saturated rings. The molecule has 0 aromatic heterocycles. The summed E-state index contributed by atoms with van der Waals surface area (Å²) in [6.45, 7) is 11.8. The maximum absolute atomic E-state index is 12.1. The van der Waals surface area contributed by atoms with Crippen LogP contribution in [0.2, 0.25) is 0 Å². The fourth-order valence-electron chi connectivity index (χ4n) is 4.86. The molecule has 2 saturated heterocycles. The van der Waals surface area contributed by atoms with E-state index in [-0.39, 0.29) is 6.04 Å². The molecule has 2 aliphatic heterocycles. The van der Waals surface area contributed by atoms with Gasteiger partial charge < -0.3 is 14.6 Å². The highest BCUT2D eigenvalue weighted by molar-refractivity contribution is 5.92. The third-order valence-electron chi connectivity index (χ3n) is 6.71. The third-order valence-corrected chi connectivity index (χ3v) is 6.71. The van der Waals surface area contributed by atoms with E-state index < -0.39 is 5.97 Å². The van der Waals surface area contributed by atoms with E-state index in [2.05, 4.69) is 47.1 Å². The molecule has 1 unspecified atom stereocenters. The van der Waals surface area contributed by atoms with Gasteiger partial charge in [-0.15, -0.1) is 0 Å². The lowest BCUT2D eigenvalue weighted by molar-refractivity contribution is 0.0151. The number of carboxylic acid groups (broad SMARTS) is 1. The molecule has 2 aliphatic rings. The number of morpholine rings is 2. The number of carbonyl (C=O) groups is 1. The third kappa shape index (κ3) is 5.21. The molecule has 1 atom stereocenters. The molecule has 0 spiro atoms. The average Bonchev–Trinajstić information content (AvgIpc) is 2.82. The minimum absolute atomic E-state index is 0.192. The fourth-order valence-corrected chi connectivity index (χ4v) is 4.86. The van der Waals surface area contributed by atoms with Crippen molar-refractivity contribution in [1.29, 1.82) is 0 Å². The molecule has 6 nitrogen and oxygen atoms in total. The van der Waals surface area contributed by atoms with E-state index in [0.717, 1.165) is 87.8 Å². The number of carboxylic acids is 1. The molecule has 6 heteroatoms. The second kappa shape index (κ2) is 10.6. The van der Waals surface area contributed by atoms with Crippen LogP contribution in [-0.4, -0.2) is 73.5 Å². The molecule has 172 valence electrons. The fraction of sp³-hybridized carbons (Fsp3) is 0.500. The van der Waals surface area contributed by atoms with E-state index in [4.69, 9.17) is 9.47 Å². The summed E-state index contributed by atoms with van der Waals surface area (Å²) >= 11 is 0. The van der Waals surface area contributed by atoms with Crippen LogP contribution in [0.4, 0.5) is 0 Å². The first-order valence-electron chi connectivity index (χ1n) is 11.7. The lowest BCUT2D eigenvalue weighted by Crippen LogP contribution is -2.39. The Morgan fingerprint density at radius 3 is 2.19 bits per heavy atom. The van der Waals surface area contributed by atoms with Crippen LogP contribution in [0.15, 0.2) is 36.4 Å². The van der Waals surface area contributed by atoms with Crippen molar-refractivity contribution in [3.8, 4) is 11.1 Å². The van der Waals surface area contributed by atoms with E-state index in [1.165, 1.54) is 5.56 Å². The Morgan fingerprint density at radius 2 is 1.59 bits per heavy atom. The van der Waals surface area contributed by atoms with Crippen LogP contribution in [0.3, 0.4) is 0 Å². The standard InChI is InChI=1S/C26H34N2O4/c1-3-25(28-10-14-32-15-11-28)23-16-22(17-24(19(23)2)26(29)30)21-6-4-20(5-7-21)18-27-8-12-31-13-9-27/h4-7,16-17,25H,3,8-15,18H2,1-2H3,(H,29,30). The number of ether oxygens (including phenoxy) is 2. The highest BCUT2D eigenvalue weighted by Crippen LogP contribution is 2.34. The first-order valence-corrected chi connectivity index (χ1v) is 11.7. The molecule has 0 radical (unpaired) electrons. The molecule has 0 amide bonds. The zero-order valence-electron chi connectivity index (χ0n) is 19.2. The molecule has 2 aromatic rings. The van der Waals surface area contributed by atoms with Gasteiger partial charge in [-0.25, -0.2) is 4.79 Å². The molecule has 0 saturated carbocycles. The number of benzene rings is 2. The predicted molar refractivity (Wildman–Crippen MR) is 125 cm³/mol. The average molecular weight is 439 g/mol. The highest BCUT2D eigenvalue weighted by atomic mass is 16.5. The van der Waals surface area contributed by atoms with Crippen LogP contribution < -0.4 is 0 Å². The van der Waals surface area contributed by atoms with Gasteiger partial charge in [0, 0.05) is 38.8 Å². The van der Waals surface area contributed by atoms with Gasteiger partial charge in [0.2, 0.25) is 0 Å². The summed E-state index contributed by atoms with van der Waals surface area (Å²) in [6.07, 6.45) is 0.932. The molecule has 1 N–H and O–H groups in total. The lowest BCUT2D eigenvalue weighted by atomic mass is 9.89. The minimum Gasteiger partial charge on any atom is -0.478 e. The van der Waals surface area contributed by atoms with Crippen molar-refractivity contribution in [3.63, 3.8) is 0 Å². The lowest BCUT2D eigenvalue weighted by Gasteiger charge is -2.35. The van der Waals surface area contributed by atoms with Crippen molar-refractivity contribution in [2.24, 2.45) is 0 Å². The first kappa shape index (κ1) is 22.9. The van der Waals surface area contributed by atoms with Crippen molar-refractivity contribution in [2.45, 2.75) is 32.9 Å². The number of hydrogen-bond donors (Lipinski definition) is 1. The van der Waals surface area contributed by atoms with Crippen LogP contribution >= 0.6 is 0 Å². The number of hydrogen-bond acceptors (Lipinski definition) is 5. The topological polar surface area (TPSA) is 62.2 Å². The smallest absolute Gasteiger partial charge is 0.335 e. The SMILES string of the molecule is CCC(c1cc(-c2ccc(CN3CCOCC3)cc2)cc(C(=O)O)c1C)N1CCOCC1. The zero-order valence-corrected chi connectivity index (χ0v) is 19.2. The summed E-state index contributed by atoms with van der Waals surface area (Å²) in [7, 11) is 0. The van der Waals surface area contributed by atoms with E-state index in [9.17, 15) is 9.90 Å². The summed E-state index contributed by atoms with van der Waals surface area (Å²) in [6, 6.07) is 12.8. The monoisotopic (exact) mass is 438 g/mol. The Hall–Kier alpha value is -2.25. The second-order valence-corrected chi connectivity index (χ2v) is 8.70. The van der Waals surface area contributed by atoms with E-state index in [0.29, 0.717) is 5.56 Å². The quantitative estimate of drug-likeness (QED) is 0.706. The highest BCUT2D eigenvalue weighted by Gasteiger charge is 2.25. The van der Waals surface area contributed by atoms with Gasteiger partial charge in [-0.3, -0.25) is 9.80 Å². The van der Waals surface area contributed by atoms with Crippen molar-refractivity contribution >= 4 is 5.97 Å². The van der Waals surface area contributed by atoms with Gasteiger partial charge in [0.15, 0.2) is 0 Å². The molecule has 2 heterocycles. The van der Waals surface area contributed by atoms with E-state index in [1.807, 2.05) is 13.0 Å². The number of aromatic carboxylic acids is 1. The van der Waals surface area contributed by atoms with E-state index in [1.54, 1.807) is 0 Å². The summed E-state index contributed by atoms with van der Waals surface area (Å²) < 4.78 is 11.0. The maximum atomic E-state index is 12.1. The van der Waals surface area contributed by atoms with Crippen LogP contribution in [0.1, 0.15) is 46.4 Å². The zero-order chi connectivity index (χ0) is 22.5. The Labute approximate surface area is 190 Å². The van der Waals surface area contributed by atoms with Crippen LogP contribution in [-0.2, 0) is 16.0 Å². The largest absolute Gasteiger partial charge is 0.478 e. The predicted octanol–water partition coefficient (Wildman–Crippen LogP) is 3.98. The minimum atomic E-state index is -0.869. The van der Waals surface area contributed by atoms with Gasteiger partial charge >= 0.3 is 5.97 Å². The number of rotatable bonds is 7. The van der Waals surface area contributed by atoms with Gasteiger partial charge in [-0.05, 0) is 53.3 Å². The molecule has 4 rings (SSSR count). The number of nitrogens with zero attached hydrogens (tertiary/aromatic N) is 2. The van der Waals surface area contributed by atoms with Crippen molar-refractivity contribution in [3.05, 3.63) is 58.7 Å². The first-order chi connectivity index (χ1) is 15.6. The molecule has 0 bridgehead atoms. The van der Waals surface area contributed by atoms with E-state index >= 15 is 0 Å². The van der Waals surface area contributed by atoms with Crippen LogP contribution in [0.25, 0.3) is 11.1 Å². The van der Waals surface area contributed by atoms with Gasteiger partial charge in [0.25, 0.3) is 0 Å². The second-order valence-electron chi connectivity index (χ2n) is 8.70. The Morgan fingerprint density at radius 1 is 0.969 bits per heavy atom. The molecule has 2 aromatic carbocycles. The Kier molecular flexibility index (Phi) is 7.58. The summed E-state index contributed by atoms with van der Waals surface area (Å²) in [4.78, 5) is 16.9. The van der Waals surface area contributed by atoms with Gasteiger partial charge in [-0.2, -0.15) is 0 Å². The molecular weight excluding hydrogens is 404 g/mol. The summed E-state index contributed by atoms with van der Waals surface area (Å²) in [5.74, 6) is -0.869. The molecule has 32 heavy (non-hydrogen) atoms. The van der Waals surface area contributed by atoms with Crippen molar-refractivity contribution in [1.82, 2.24) is 9.80 Å². The summed E-state index contributed by atoms with van der Waals surface area (Å²) in [5.41, 5.74) is 5.65. The van der Waals surface area contributed by atoms with Crippen LogP contribution in [0.5, 0.6) is 0 Å². The van der Waals surface area contributed by atoms with Gasteiger partial charge in [-0.1, -0.05) is 31.2 Å². The molecule has 0 aliphatic carbocycles. The molecular formula is C26H34N2O4. The van der Waals surface area contributed by atoms with Crippen molar-refractivity contribution in [2.75, 3.05) is 52.6 Å². The normalized spacial score (nSPS) is 19.1. The van der Waals surface area contributed by atoms with Gasteiger partial charge in [0.1, 0.15) is 0 Å². The van der Waals surface area contributed by atoms with Crippen LogP contribution in [0, 0.1) is 6.92 Å².